The second kappa shape index (κ2) is 10.1. The highest BCUT2D eigenvalue weighted by Gasteiger charge is 2.36. The van der Waals surface area contributed by atoms with Crippen LogP contribution < -0.4 is 0 Å². The van der Waals surface area contributed by atoms with Gasteiger partial charge in [-0.2, -0.15) is 0 Å². The van der Waals surface area contributed by atoms with Crippen LogP contribution in [0, 0.1) is 5.41 Å². The van der Waals surface area contributed by atoms with Crippen LogP contribution in [0.25, 0.3) is 22.4 Å². The summed E-state index contributed by atoms with van der Waals surface area (Å²) in [6.07, 6.45) is 22.9. The van der Waals surface area contributed by atoms with Crippen LogP contribution >= 0.6 is 30.1 Å². The van der Waals surface area contributed by atoms with Gasteiger partial charge in [-0.25, -0.2) is 30.1 Å². The Hall–Kier alpha value is -1.23. The van der Waals surface area contributed by atoms with E-state index in [1.807, 2.05) is 6.20 Å². The molecule has 0 unspecified atom stereocenters. The summed E-state index contributed by atoms with van der Waals surface area (Å²) < 4.78 is 0. The van der Waals surface area contributed by atoms with Crippen molar-refractivity contribution in [1.82, 2.24) is 4.98 Å². The molecule has 2 aromatic carbocycles. The number of rotatable bonds is 6. The van der Waals surface area contributed by atoms with Crippen molar-refractivity contribution in [2.24, 2.45) is 5.41 Å². The molecule has 37 heavy (non-hydrogen) atoms. The lowest BCUT2D eigenvalue weighted by Crippen LogP contribution is -2.42. The van der Waals surface area contributed by atoms with E-state index < -0.39 is 35.3 Å². The number of pyridine rings is 1. The van der Waals surface area contributed by atoms with Crippen molar-refractivity contribution in [3.8, 4) is 22.4 Å². The summed E-state index contributed by atoms with van der Waals surface area (Å²) in [7, 11) is 10.7. The second-order valence-corrected chi connectivity index (χ2v) is 25.8. The minimum Gasteiger partial charge on any atom is -0.256 e. The van der Waals surface area contributed by atoms with Crippen LogP contribution in [0.4, 0.5) is 0 Å². The van der Waals surface area contributed by atoms with Crippen LogP contribution in [0.15, 0.2) is 69.4 Å². The summed E-state index contributed by atoms with van der Waals surface area (Å²) in [5.41, 5.74) is 5.30. The molecule has 0 N–H and O–H groups in total. The zero-order valence-corrected chi connectivity index (χ0v) is 27.5. The van der Waals surface area contributed by atoms with E-state index in [0.717, 1.165) is 16.8 Å². The molecule has 4 radical (unpaired) electrons. The van der Waals surface area contributed by atoms with Crippen molar-refractivity contribution in [3.63, 3.8) is 0 Å². The monoisotopic (exact) mass is 549 g/mol. The first-order chi connectivity index (χ1) is 16.6. The van der Waals surface area contributed by atoms with Gasteiger partial charge in [-0.05, 0) is 123 Å². The van der Waals surface area contributed by atoms with Crippen molar-refractivity contribution < 1.29 is 0 Å². The van der Waals surface area contributed by atoms with Crippen LogP contribution in [0.3, 0.4) is 0 Å². The Morgan fingerprint density at radius 1 is 0.622 bits per heavy atom. The lowest BCUT2D eigenvalue weighted by Gasteiger charge is -2.44. The zero-order valence-electron chi connectivity index (χ0n) is 25.0. The SMILES string of the molecule is [B]C([B])(c1cnc(-c2ccc(S(C)(C)C)c(-c3ccc(S(C)(C)C)cc3)c2)cc1S(C)(C)C)C(C)(C)C. The number of hydrogen-bond donors (Lipinski definition) is 0. The number of aromatic nitrogens is 1. The zero-order chi connectivity index (χ0) is 28.2. The summed E-state index contributed by atoms with van der Waals surface area (Å²) in [4.78, 5) is 9.01. The van der Waals surface area contributed by atoms with Crippen molar-refractivity contribution in [3.05, 3.63) is 60.3 Å². The Kier molecular flexibility index (Phi) is 8.24. The Bertz CT molecular complexity index is 1270. The minimum atomic E-state index is -1.11. The van der Waals surface area contributed by atoms with Gasteiger partial charge in [0.05, 0.1) is 21.4 Å². The highest BCUT2D eigenvalue weighted by atomic mass is 32.3. The van der Waals surface area contributed by atoms with Crippen molar-refractivity contribution in [1.29, 1.82) is 0 Å². The van der Waals surface area contributed by atoms with E-state index in [-0.39, 0.29) is 5.41 Å². The fourth-order valence-electron chi connectivity index (χ4n) is 4.31. The Morgan fingerprint density at radius 3 is 1.59 bits per heavy atom. The molecule has 3 rings (SSSR count). The van der Waals surface area contributed by atoms with Gasteiger partial charge in [-0.1, -0.05) is 44.2 Å². The van der Waals surface area contributed by atoms with Crippen LogP contribution in [0.1, 0.15) is 26.3 Å². The maximum absolute atomic E-state index is 6.77. The molecular weight excluding hydrogens is 504 g/mol. The van der Waals surface area contributed by atoms with E-state index in [2.05, 4.69) is 126 Å². The first-order valence-corrected chi connectivity index (χ1v) is 21.1. The Morgan fingerprint density at radius 2 is 1.14 bits per heavy atom. The van der Waals surface area contributed by atoms with Gasteiger partial charge in [-0.15, -0.1) is 0 Å². The van der Waals surface area contributed by atoms with Crippen LogP contribution in [0.2, 0.25) is 0 Å². The van der Waals surface area contributed by atoms with Crippen molar-refractivity contribution in [2.45, 2.75) is 40.7 Å². The Labute approximate surface area is 234 Å². The van der Waals surface area contributed by atoms with Crippen LogP contribution in [0.5, 0.6) is 0 Å². The van der Waals surface area contributed by atoms with Gasteiger partial charge < -0.3 is 0 Å². The summed E-state index contributed by atoms with van der Waals surface area (Å²) in [5.74, 6) is 0. The van der Waals surface area contributed by atoms with Gasteiger partial charge in [0.1, 0.15) is 0 Å². The van der Waals surface area contributed by atoms with Crippen molar-refractivity contribution >= 4 is 45.8 Å². The highest BCUT2D eigenvalue weighted by molar-refractivity contribution is 8.32. The number of nitrogens with zero attached hydrogens (tertiary/aromatic N) is 1. The predicted molar refractivity (Wildman–Crippen MR) is 179 cm³/mol. The highest BCUT2D eigenvalue weighted by Crippen LogP contribution is 2.54. The van der Waals surface area contributed by atoms with Gasteiger partial charge >= 0.3 is 0 Å². The fourth-order valence-corrected chi connectivity index (χ4v) is 7.92. The van der Waals surface area contributed by atoms with Gasteiger partial charge in [0.2, 0.25) is 0 Å². The second-order valence-electron chi connectivity index (χ2n) is 13.4. The number of hydrogen-bond acceptors (Lipinski definition) is 1. The molecule has 0 spiro atoms. The van der Waals surface area contributed by atoms with E-state index in [0.29, 0.717) is 0 Å². The lowest BCUT2D eigenvalue weighted by molar-refractivity contribution is 0.354. The summed E-state index contributed by atoms with van der Waals surface area (Å²) in [6.45, 7) is 6.28. The molecule has 1 nitrogen and oxygen atoms in total. The Balaban J connectivity index is 2.23. The van der Waals surface area contributed by atoms with Crippen LogP contribution in [-0.2, 0) is 5.21 Å². The van der Waals surface area contributed by atoms with Gasteiger partial charge in [-0.3, -0.25) is 4.98 Å². The predicted octanol–water partition coefficient (Wildman–Crippen LogP) is 8.11. The van der Waals surface area contributed by atoms with Gasteiger partial charge in [0, 0.05) is 11.8 Å². The molecule has 0 bridgehead atoms. The first-order valence-electron chi connectivity index (χ1n) is 12.5. The lowest BCUT2D eigenvalue weighted by atomic mass is 9.41. The smallest absolute Gasteiger partial charge is 0.0712 e. The molecule has 0 saturated carbocycles. The summed E-state index contributed by atoms with van der Waals surface area (Å²) in [6, 6.07) is 18.3. The first kappa shape index (κ1) is 30.3. The maximum atomic E-state index is 6.77. The molecule has 0 fully saturated rings. The molecule has 1 heterocycles. The molecule has 6 heteroatoms. The average molecular weight is 550 g/mol. The molecule has 3 aromatic rings. The molecule has 1 aromatic heterocycles. The topological polar surface area (TPSA) is 12.9 Å². The van der Waals surface area contributed by atoms with E-state index in [1.165, 1.54) is 25.8 Å². The van der Waals surface area contributed by atoms with Gasteiger partial charge in [0.25, 0.3) is 0 Å². The third-order valence-electron chi connectivity index (χ3n) is 7.02. The van der Waals surface area contributed by atoms with E-state index >= 15 is 0 Å². The maximum Gasteiger partial charge on any atom is 0.0712 e. The summed E-state index contributed by atoms with van der Waals surface area (Å²) >= 11 is 0. The molecule has 198 valence electrons. The van der Waals surface area contributed by atoms with E-state index in [9.17, 15) is 0 Å². The molecular formula is C31H45B2NS3. The molecule has 0 saturated heterocycles. The average Bonchev–Trinajstić information content (AvgIpc) is 2.76. The molecule has 0 aliphatic rings. The van der Waals surface area contributed by atoms with E-state index in [4.69, 9.17) is 20.7 Å². The van der Waals surface area contributed by atoms with E-state index in [1.54, 1.807) is 0 Å². The van der Waals surface area contributed by atoms with Crippen molar-refractivity contribution in [2.75, 3.05) is 56.3 Å². The third kappa shape index (κ3) is 6.50. The normalized spacial score (nSPS) is 14.9. The van der Waals surface area contributed by atoms with Gasteiger partial charge in [0.15, 0.2) is 0 Å². The molecule has 0 amide bonds. The molecule has 0 aliphatic carbocycles. The quantitative estimate of drug-likeness (QED) is 0.283. The molecule has 0 atom stereocenters. The standard InChI is InChI=1S/C31H45B2NS3/c1-30(2,3)31(32,33)26-21-34-27(20-29(26)37(10,11)12)23-15-18-28(36(7,8)9)25(19-23)22-13-16-24(17-14-22)35(4,5)6/h13-21H,1-12H3. The minimum absolute atomic E-state index is 0.305. The summed E-state index contributed by atoms with van der Waals surface area (Å²) in [5, 5.41) is -0.977. The third-order valence-corrected chi connectivity index (χ3v) is 12.0. The van der Waals surface area contributed by atoms with Crippen LogP contribution in [-0.4, -0.2) is 77.0 Å². The fraction of sp³-hybridized carbons (Fsp3) is 0.452. The largest absolute Gasteiger partial charge is 0.256 e. The molecule has 0 aliphatic heterocycles. The number of benzene rings is 2.